The standard InChI is InChI=1S/C17H21IOSi/c1-17(2,3)20(19-14-18,15-10-6-4-7-11-15)16-12-8-5-9-13-16/h4-13H,14H2,1-3H3. The van der Waals surface area contributed by atoms with Gasteiger partial charge in [-0.2, -0.15) is 0 Å². The Morgan fingerprint density at radius 1 is 0.850 bits per heavy atom. The van der Waals surface area contributed by atoms with E-state index >= 15 is 0 Å². The lowest BCUT2D eigenvalue weighted by Gasteiger charge is -2.42. The highest BCUT2D eigenvalue weighted by molar-refractivity contribution is 14.1. The van der Waals surface area contributed by atoms with Gasteiger partial charge in [-0.25, -0.2) is 0 Å². The van der Waals surface area contributed by atoms with E-state index in [9.17, 15) is 0 Å². The smallest absolute Gasteiger partial charge is 0.262 e. The maximum Gasteiger partial charge on any atom is 0.262 e. The van der Waals surface area contributed by atoms with Crippen molar-refractivity contribution in [2.24, 2.45) is 0 Å². The molecule has 1 nitrogen and oxygen atoms in total. The summed E-state index contributed by atoms with van der Waals surface area (Å²) in [6, 6.07) is 21.5. The van der Waals surface area contributed by atoms with Crippen molar-refractivity contribution in [1.82, 2.24) is 0 Å². The molecule has 0 saturated heterocycles. The molecule has 0 amide bonds. The summed E-state index contributed by atoms with van der Waals surface area (Å²) in [4.78, 5) is 0. The van der Waals surface area contributed by atoms with Gasteiger partial charge in [0.05, 0.1) is 4.61 Å². The molecular weight excluding hydrogens is 375 g/mol. The molecule has 0 unspecified atom stereocenters. The van der Waals surface area contributed by atoms with Crippen molar-refractivity contribution in [3.63, 3.8) is 0 Å². The molecule has 0 atom stereocenters. The van der Waals surface area contributed by atoms with Crippen molar-refractivity contribution in [1.29, 1.82) is 0 Å². The summed E-state index contributed by atoms with van der Waals surface area (Å²) in [6.07, 6.45) is 0. The summed E-state index contributed by atoms with van der Waals surface area (Å²) in [5.41, 5.74) is 0. The molecule has 0 aliphatic carbocycles. The highest BCUT2D eigenvalue weighted by Crippen LogP contribution is 2.36. The molecule has 0 aromatic heterocycles. The van der Waals surface area contributed by atoms with E-state index in [0.29, 0.717) is 4.61 Å². The first-order valence-electron chi connectivity index (χ1n) is 6.83. The van der Waals surface area contributed by atoms with Crippen LogP contribution in [0.15, 0.2) is 60.7 Å². The Morgan fingerprint density at radius 2 is 1.25 bits per heavy atom. The van der Waals surface area contributed by atoms with Gasteiger partial charge < -0.3 is 4.43 Å². The zero-order valence-corrected chi connectivity index (χ0v) is 15.4. The minimum absolute atomic E-state index is 0.0842. The molecule has 2 rings (SSSR count). The SMILES string of the molecule is CC(C)(C)[Si](OCI)(c1ccccc1)c1ccccc1. The van der Waals surface area contributed by atoms with E-state index in [1.54, 1.807) is 0 Å². The van der Waals surface area contributed by atoms with Crippen LogP contribution in [0.5, 0.6) is 0 Å². The zero-order valence-electron chi connectivity index (χ0n) is 12.3. The molecule has 2 aromatic carbocycles. The quantitative estimate of drug-likeness (QED) is 0.432. The van der Waals surface area contributed by atoms with Gasteiger partial charge in [-0.05, 0) is 15.4 Å². The van der Waals surface area contributed by atoms with Crippen molar-refractivity contribution in [3.05, 3.63) is 60.7 Å². The molecule has 0 bridgehead atoms. The fourth-order valence-corrected chi connectivity index (χ4v) is 8.56. The molecule has 0 heterocycles. The molecule has 0 N–H and O–H groups in total. The van der Waals surface area contributed by atoms with Crippen molar-refractivity contribution in [2.45, 2.75) is 25.8 Å². The van der Waals surface area contributed by atoms with E-state index in [1.807, 2.05) is 0 Å². The number of halogens is 1. The van der Waals surface area contributed by atoms with Crippen molar-refractivity contribution < 1.29 is 4.43 Å². The second-order valence-corrected chi connectivity index (χ2v) is 10.8. The van der Waals surface area contributed by atoms with Crippen LogP contribution in [0.25, 0.3) is 0 Å². The fourth-order valence-electron chi connectivity index (χ4n) is 2.84. The summed E-state index contributed by atoms with van der Waals surface area (Å²) < 4.78 is 7.21. The molecule has 2 aromatic rings. The number of rotatable bonds is 4. The molecule has 0 spiro atoms. The van der Waals surface area contributed by atoms with E-state index in [2.05, 4.69) is 104 Å². The van der Waals surface area contributed by atoms with Gasteiger partial charge in [0.1, 0.15) is 0 Å². The minimum atomic E-state index is -2.26. The number of alkyl halides is 1. The normalized spacial score (nSPS) is 12.4. The predicted molar refractivity (Wildman–Crippen MR) is 97.6 cm³/mol. The number of benzene rings is 2. The van der Waals surface area contributed by atoms with Crippen LogP contribution in [0.2, 0.25) is 5.04 Å². The maximum atomic E-state index is 6.49. The highest BCUT2D eigenvalue weighted by Gasteiger charge is 2.49. The Kier molecular flexibility index (Phi) is 5.04. The third kappa shape index (κ3) is 2.85. The Hall–Kier alpha value is -0.653. The van der Waals surface area contributed by atoms with Crippen LogP contribution in [0, 0.1) is 0 Å². The van der Waals surface area contributed by atoms with E-state index in [4.69, 9.17) is 4.43 Å². The summed E-state index contributed by atoms with van der Waals surface area (Å²) in [5.74, 6) is 0. The number of hydrogen-bond acceptors (Lipinski definition) is 1. The van der Waals surface area contributed by atoms with Crippen LogP contribution in [0.3, 0.4) is 0 Å². The van der Waals surface area contributed by atoms with Gasteiger partial charge in [-0.1, -0.05) is 104 Å². The van der Waals surface area contributed by atoms with Crippen LogP contribution < -0.4 is 10.4 Å². The summed E-state index contributed by atoms with van der Waals surface area (Å²) in [7, 11) is -2.26. The van der Waals surface area contributed by atoms with Gasteiger partial charge >= 0.3 is 0 Å². The van der Waals surface area contributed by atoms with Gasteiger partial charge in [0.2, 0.25) is 0 Å². The molecule has 0 aliphatic heterocycles. The van der Waals surface area contributed by atoms with Crippen LogP contribution in [-0.4, -0.2) is 12.9 Å². The topological polar surface area (TPSA) is 9.23 Å². The summed E-state index contributed by atoms with van der Waals surface area (Å²) >= 11 is 2.32. The van der Waals surface area contributed by atoms with E-state index in [-0.39, 0.29) is 5.04 Å². The van der Waals surface area contributed by atoms with Crippen LogP contribution in [0.4, 0.5) is 0 Å². The Bertz CT molecular complexity index is 494. The largest absolute Gasteiger partial charge is 0.398 e. The Labute approximate surface area is 136 Å². The van der Waals surface area contributed by atoms with Crippen LogP contribution in [-0.2, 0) is 4.43 Å². The molecule has 3 heteroatoms. The van der Waals surface area contributed by atoms with Crippen LogP contribution >= 0.6 is 22.6 Å². The third-order valence-electron chi connectivity index (χ3n) is 3.69. The summed E-state index contributed by atoms with van der Waals surface area (Å²) in [5, 5.41) is 2.77. The zero-order chi connectivity index (χ0) is 14.6. The van der Waals surface area contributed by atoms with Gasteiger partial charge in [-0.3, -0.25) is 0 Å². The second-order valence-electron chi connectivity index (χ2n) is 5.92. The maximum absolute atomic E-state index is 6.49. The van der Waals surface area contributed by atoms with Crippen LogP contribution in [0.1, 0.15) is 20.8 Å². The summed E-state index contributed by atoms with van der Waals surface area (Å²) in [6.45, 7) is 6.89. The molecule has 20 heavy (non-hydrogen) atoms. The first-order chi connectivity index (χ1) is 9.52. The van der Waals surface area contributed by atoms with E-state index in [1.165, 1.54) is 10.4 Å². The molecule has 0 radical (unpaired) electrons. The van der Waals surface area contributed by atoms with Gasteiger partial charge in [0.15, 0.2) is 0 Å². The van der Waals surface area contributed by atoms with E-state index in [0.717, 1.165) is 0 Å². The Morgan fingerprint density at radius 3 is 1.55 bits per heavy atom. The first-order valence-corrected chi connectivity index (χ1v) is 10.3. The molecular formula is C17H21IOSi. The molecule has 0 aliphatic rings. The lowest BCUT2D eigenvalue weighted by molar-refractivity contribution is 0.377. The average molecular weight is 396 g/mol. The third-order valence-corrected chi connectivity index (χ3v) is 9.57. The number of hydrogen-bond donors (Lipinski definition) is 0. The predicted octanol–water partition coefficient (Wildman–Crippen LogP) is 3.96. The lowest BCUT2D eigenvalue weighted by atomic mass is 10.2. The fraction of sp³-hybridized carbons (Fsp3) is 0.294. The highest BCUT2D eigenvalue weighted by atomic mass is 127. The van der Waals surface area contributed by atoms with Crippen molar-refractivity contribution in [3.8, 4) is 0 Å². The Balaban J connectivity index is 2.70. The molecule has 106 valence electrons. The molecule has 0 fully saturated rings. The second kappa shape index (κ2) is 6.41. The van der Waals surface area contributed by atoms with Gasteiger partial charge in [0, 0.05) is 0 Å². The van der Waals surface area contributed by atoms with E-state index < -0.39 is 8.32 Å². The van der Waals surface area contributed by atoms with Crippen molar-refractivity contribution >= 4 is 41.3 Å². The first kappa shape index (κ1) is 15.7. The van der Waals surface area contributed by atoms with Crippen molar-refractivity contribution in [2.75, 3.05) is 4.61 Å². The van der Waals surface area contributed by atoms with Gasteiger partial charge in [0.25, 0.3) is 8.32 Å². The lowest BCUT2D eigenvalue weighted by Crippen LogP contribution is -2.66. The average Bonchev–Trinajstić information content (AvgIpc) is 2.45. The monoisotopic (exact) mass is 396 g/mol. The minimum Gasteiger partial charge on any atom is -0.398 e. The van der Waals surface area contributed by atoms with Gasteiger partial charge in [-0.15, -0.1) is 0 Å². The molecule has 0 saturated carbocycles.